The molecule has 0 saturated carbocycles. The van der Waals surface area contributed by atoms with Gasteiger partial charge in [-0.3, -0.25) is 14.5 Å². The molecule has 1 aromatic rings. The van der Waals surface area contributed by atoms with E-state index >= 15 is 0 Å². The zero-order valence-electron chi connectivity index (χ0n) is 10.5. The predicted molar refractivity (Wildman–Crippen MR) is 66.5 cm³/mol. The zero-order valence-corrected chi connectivity index (χ0v) is 10.5. The molecule has 1 fully saturated rings. The van der Waals surface area contributed by atoms with E-state index in [0.717, 1.165) is 5.56 Å². The van der Waals surface area contributed by atoms with Crippen LogP contribution in [0, 0.1) is 0 Å². The first-order valence-corrected chi connectivity index (χ1v) is 6.25. The third-order valence-corrected chi connectivity index (χ3v) is 2.96. The van der Waals surface area contributed by atoms with E-state index in [1.807, 2.05) is 37.3 Å². The molecule has 1 aliphatic rings. The van der Waals surface area contributed by atoms with Crippen molar-refractivity contribution in [3.63, 3.8) is 0 Å². The Balaban J connectivity index is 2.29. The molecule has 2 rings (SSSR count). The van der Waals surface area contributed by atoms with Gasteiger partial charge in [-0.15, -0.1) is 0 Å². The number of hydrogen-bond donors (Lipinski definition) is 0. The van der Waals surface area contributed by atoms with Crippen LogP contribution in [0.25, 0.3) is 0 Å². The van der Waals surface area contributed by atoms with Crippen molar-refractivity contribution in [2.24, 2.45) is 0 Å². The van der Waals surface area contributed by atoms with E-state index in [-0.39, 0.29) is 11.8 Å². The molecule has 4 nitrogen and oxygen atoms in total. The van der Waals surface area contributed by atoms with Crippen LogP contribution in [0.2, 0.25) is 0 Å². The summed E-state index contributed by atoms with van der Waals surface area (Å²) in [6.45, 7) is 2.31. The number of piperidine rings is 1. The zero-order chi connectivity index (χ0) is 13.0. The summed E-state index contributed by atoms with van der Waals surface area (Å²) in [6, 6.07) is 9.39. The average molecular weight is 247 g/mol. The molecule has 4 heteroatoms. The van der Waals surface area contributed by atoms with Crippen LogP contribution in [-0.2, 0) is 14.3 Å². The lowest BCUT2D eigenvalue weighted by Crippen LogP contribution is -2.43. The molecule has 1 aliphatic heterocycles. The Kier molecular flexibility index (Phi) is 4.10. The average Bonchev–Trinajstić information content (AvgIpc) is 2.38. The van der Waals surface area contributed by atoms with Crippen molar-refractivity contribution in [2.75, 3.05) is 6.61 Å². The summed E-state index contributed by atoms with van der Waals surface area (Å²) in [5.74, 6) is -0.290. The Labute approximate surface area is 107 Å². The second kappa shape index (κ2) is 5.78. The fraction of sp³-hybridized carbons (Fsp3) is 0.429. The topological polar surface area (TPSA) is 46.6 Å². The standard InChI is InChI=1S/C14H17NO3/c1-2-18-14(11-7-4-3-5-8-11)15-12(16)9-6-10-13(15)17/h3-5,7-8,14H,2,6,9-10H2,1H3. The van der Waals surface area contributed by atoms with E-state index in [1.54, 1.807) is 0 Å². The smallest absolute Gasteiger partial charge is 0.231 e. The van der Waals surface area contributed by atoms with Crippen LogP contribution < -0.4 is 0 Å². The van der Waals surface area contributed by atoms with Gasteiger partial charge in [0.25, 0.3) is 0 Å². The lowest BCUT2D eigenvalue weighted by molar-refractivity contribution is -0.164. The molecular formula is C14H17NO3. The van der Waals surface area contributed by atoms with E-state index in [4.69, 9.17) is 4.74 Å². The van der Waals surface area contributed by atoms with E-state index in [2.05, 4.69) is 0 Å². The highest BCUT2D eigenvalue weighted by Crippen LogP contribution is 2.27. The first kappa shape index (κ1) is 12.8. The van der Waals surface area contributed by atoms with Gasteiger partial charge in [-0.25, -0.2) is 0 Å². The molecule has 1 atom stereocenters. The molecule has 2 amide bonds. The van der Waals surface area contributed by atoms with Gasteiger partial charge in [-0.2, -0.15) is 0 Å². The van der Waals surface area contributed by atoms with Crippen LogP contribution in [0.15, 0.2) is 30.3 Å². The van der Waals surface area contributed by atoms with Gasteiger partial charge in [-0.1, -0.05) is 30.3 Å². The summed E-state index contributed by atoms with van der Waals surface area (Å²) < 4.78 is 5.59. The SMILES string of the molecule is CCOC(c1ccccc1)N1C(=O)CCCC1=O. The van der Waals surface area contributed by atoms with Gasteiger partial charge in [0.2, 0.25) is 11.8 Å². The van der Waals surface area contributed by atoms with Crippen LogP contribution in [0.1, 0.15) is 38.0 Å². The van der Waals surface area contributed by atoms with Crippen molar-refractivity contribution in [3.05, 3.63) is 35.9 Å². The van der Waals surface area contributed by atoms with Crippen LogP contribution in [0.3, 0.4) is 0 Å². The number of amides is 2. The Morgan fingerprint density at radius 3 is 2.33 bits per heavy atom. The van der Waals surface area contributed by atoms with Gasteiger partial charge in [-0.05, 0) is 13.3 Å². The normalized spacial score (nSPS) is 17.9. The molecule has 1 aromatic carbocycles. The number of nitrogens with zero attached hydrogens (tertiary/aromatic N) is 1. The summed E-state index contributed by atoms with van der Waals surface area (Å²) in [4.78, 5) is 25.1. The Bertz CT molecular complexity index is 414. The van der Waals surface area contributed by atoms with Crippen LogP contribution in [-0.4, -0.2) is 23.3 Å². The minimum Gasteiger partial charge on any atom is -0.354 e. The third-order valence-electron chi connectivity index (χ3n) is 2.96. The molecule has 0 N–H and O–H groups in total. The van der Waals surface area contributed by atoms with Crippen molar-refractivity contribution in [1.82, 2.24) is 4.90 Å². The molecule has 1 heterocycles. The van der Waals surface area contributed by atoms with Crippen LogP contribution in [0.4, 0.5) is 0 Å². The van der Waals surface area contributed by atoms with Gasteiger partial charge >= 0.3 is 0 Å². The molecule has 1 saturated heterocycles. The predicted octanol–water partition coefficient (Wildman–Crippen LogP) is 2.26. The Hall–Kier alpha value is -1.68. The summed E-state index contributed by atoms with van der Waals surface area (Å²) in [6.07, 6.45) is 0.892. The van der Waals surface area contributed by atoms with Gasteiger partial charge < -0.3 is 4.74 Å². The fourth-order valence-electron chi connectivity index (χ4n) is 2.13. The maximum Gasteiger partial charge on any atom is 0.231 e. The minimum absolute atomic E-state index is 0.145. The van der Waals surface area contributed by atoms with Crippen LogP contribution >= 0.6 is 0 Å². The summed E-state index contributed by atoms with van der Waals surface area (Å²) in [5, 5.41) is 0. The van der Waals surface area contributed by atoms with Gasteiger partial charge in [0.1, 0.15) is 0 Å². The molecular weight excluding hydrogens is 230 g/mol. The minimum atomic E-state index is -0.587. The summed E-state index contributed by atoms with van der Waals surface area (Å²) in [5.41, 5.74) is 0.836. The van der Waals surface area contributed by atoms with Crippen LogP contribution in [0.5, 0.6) is 0 Å². The molecule has 96 valence electrons. The number of likely N-dealkylation sites (tertiary alicyclic amines) is 1. The highest BCUT2D eigenvalue weighted by Gasteiger charge is 2.33. The van der Waals surface area contributed by atoms with Crippen molar-refractivity contribution in [3.8, 4) is 0 Å². The number of benzene rings is 1. The van der Waals surface area contributed by atoms with Crippen molar-refractivity contribution >= 4 is 11.8 Å². The number of ether oxygens (including phenoxy) is 1. The first-order valence-electron chi connectivity index (χ1n) is 6.25. The number of carbonyl (C=O) groups excluding carboxylic acids is 2. The quantitative estimate of drug-likeness (QED) is 0.767. The maximum absolute atomic E-state index is 11.9. The van der Waals surface area contributed by atoms with E-state index in [0.29, 0.717) is 25.9 Å². The molecule has 0 spiro atoms. The van der Waals surface area contributed by atoms with E-state index in [9.17, 15) is 9.59 Å². The largest absolute Gasteiger partial charge is 0.354 e. The highest BCUT2D eigenvalue weighted by molar-refractivity contribution is 5.97. The summed E-state index contributed by atoms with van der Waals surface area (Å²) >= 11 is 0. The molecule has 0 aromatic heterocycles. The maximum atomic E-state index is 11.9. The second-order valence-corrected chi connectivity index (χ2v) is 4.23. The number of rotatable bonds is 4. The molecule has 18 heavy (non-hydrogen) atoms. The van der Waals surface area contributed by atoms with E-state index in [1.165, 1.54) is 4.90 Å². The van der Waals surface area contributed by atoms with Gasteiger partial charge in [0.05, 0.1) is 0 Å². The lowest BCUT2D eigenvalue weighted by atomic mass is 10.1. The third kappa shape index (κ3) is 2.59. The number of hydrogen-bond acceptors (Lipinski definition) is 3. The van der Waals surface area contributed by atoms with Crippen molar-refractivity contribution in [1.29, 1.82) is 0 Å². The molecule has 0 radical (unpaired) electrons. The Morgan fingerprint density at radius 2 is 1.78 bits per heavy atom. The van der Waals surface area contributed by atoms with Gasteiger partial charge in [0, 0.05) is 25.0 Å². The first-order chi connectivity index (χ1) is 8.74. The van der Waals surface area contributed by atoms with Gasteiger partial charge in [0.15, 0.2) is 6.23 Å². The molecule has 1 unspecified atom stereocenters. The summed E-state index contributed by atoms with van der Waals surface area (Å²) in [7, 11) is 0. The number of imide groups is 1. The fourth-order valence-corrected chi connectivity index (χ4v) is 2.13. The Morgan fingerprint density at radius 1 is 1.17 bits per heavy atom. The van der Waals surface area contributed by atoms with Crippen molar-refractivity contribution in [2.45, 2.75) is 32.4 Å². The number of carbonyl (C=O) groups is 2. The lowest BCUT2D eigenvalue weighted by Gasteiger charge is -2.32. The van der Waals surface area contributed by atoms with Crippen molar-refractivity contribution < 1.29 is 14.3 Å². The van der Waals surface area contributed by atoms with E-state index < -0.39 is 6.23 Å². The highest BCUT2D eigenvalue weighted by atomic mass is 16.5. The molecule has 0 bridgehead atoms. The second-order valence-electron chi connectivity index (χ2n) is 4.23. The monoisotopic (exact) mass is 247 g/mol. The molecule has 0 aliphatic carbocycles.